The third kappa shape index (κ3) is 3.55. The summed E-state index contributed by atoms with van der Waals surface area (Å²) in [5, 5.41) is 3.15. The van der Waals surface area contributed by atoms with Crippen molar-refractivity contribution in [3.8, 4) is 0 Å². The molecule has 1 atom stereocenters. The van der Waals surface area contributed by atoms with E-state index < -0.39 is 0 Å². The van der Waals surface area contributed by atoms with E-state index in [1.807, 2.05) is 13.0 Å². The number of amides is 1. The summed E-state index contributed by atoms with van der Waals surface area (Å²) in [5.74, 6) is 0.938. The third-order valence-electron chi connectivity index (χ3n) is 3.22. The molecule has 1 aromatic rings. The van der Waals surface area contributed by atoms with E-state index in [0.717, 1.165) is 33.0 Å². The van der Waals surface area contributed by atoms with Crippen molar-refractivity contribution in [2.75, 3.05) is 0 Å². The number of nitrogens with one attached hydrogen (secondary N) is 1. The highest BCUT2D eigenvalue weighted by Crippen LogP contribution is 2.34. The van der Waals surface area contributed by atoms with Crippen LogP contribution in [0.1, 0.15) is 47.8 Å². The van der Waals surface area contributed by atoms with E-state index in [4.69, 9.17) is 0 Å². The quantitative estimate of drug-likeness (QED) is 0.869. The number of rotatable bonds is 5. The van der Waals surface area contributed by atoms with Crippen LogP contribution >= 0.6 is 27.3 Å². The minimum Gasteiger partial charge on any atom is -0.349 e. The lowest BCUT2D eigenvalue weighted by molar-refractivity contribution is 0.0937. The van der Waals surface area contributed by atoms with Crippen LogP contribution in [-0.2, 0) is 0 Å². The zero-order chi connectivity index (χ0) is 12.4. The second kappa shape index (κ2) is 5.53. The van der Waals surface area contributed by atoms with Crippen LogP contribution in [0.15, 0.2) is 9.85 Å². The van der Waals surface area contributed by atoms with Crippen LogP contribution in [-0.4, -0.2) is 11.9 Å². The molecular weight excluding hydrogens is 298 g/mol. The standard InChI is InChI=1S/C13H18BrNOS/c1-3-10(7-9-4-5-9)15-13(16)11-6-8(2)12(14)17-11/h6,9-10H,3-5,7H2,1-2H3,(H,15,16). The van der Waals surface area contributed by atoms with Crippen molar-refractivity contribution in [2.45, 2.75) is 45.6 Å². The molecule has 1 fully saturated rings. The summed E-state index contributed by atoms with van der Waals surface area (Å²) in [4.78, 5) is 12.9. The van der Waals surface area contributed by atoms with E-state index in [1.54, 1.807) is 0 Å². The van der Waals surface area contributed by atoms with Gasteiger partial charge in [0.25, 0.3) is 5.91 Å². The maximum atomic E-state index is 12.1. The van der Waals surface area contributed by atoms with E-state index in [1.165, 1.54) is 24.2 Å². The van der Waals surface area contributed by atoms with Crippen LogP contribution in [0.4, 0.5) is 0 Å². The lowest BCUT2D eigenvalue weighted by Gasteiger charge is -2.15. The van der Waals surface area contributed by atoms with Crippen molar-refractivity contribution < 1.29 is 4.79 Å². The average molecular weight is 316 g/mol. The van der Waals surface area contributed by atoms with Crippen molar-refractivity contribution in [3.63, 3.8) is 0 Å². The van der Waals surface area contributed by atoms with Gasteiger partial charge < -0.3 is 5.32 Å². The van der Waals surface area contributed by atoms with Crippen molar-refractivity contribution in [3.05, 3.63) is 20.3 Å². The molecule has 0 saturated heterocycles. The number of aryl methyl sites for hydroxylation is 1. The average Bonchev–Trinajstić information content (AvgIpc) is 3.04. The Morgan fingerprint density at radius 2 is 2.35 bits per heavy atom. The summed E-state index contributed by atoms with van der Waals surface area (Å²) in [6.07, 6.45) is 4.85. The molecule has 0 bridgehead atoms. The summed E-state index contributed by atoms with van der Waals surface area (Å²) in [7, 11) is 0. The second-order valence-electron chi connectivity index (χ2n) is 4.83. The van der Waals surface area contributed by atoms with Crippen LogP contribution < -0.4 is 5.32 Å². The van der Waals surface area contributed by atoms with Gasteiger partial charge in [0, 0.05) is 6.04 Å². The van der Waals surface area contributed by atoms with Gasteiger partial charge in [-0.3, -0.25) is 4.79 Å². The van der Waals surface area contributed by atoms with Gasteiger partial charge >= 0.3 is 0 Å². The molecule has 1 aliphatic carbocycles. The van der Waals surface area contributed by atoms with E-state index in [-0.39, 0.29) is 5.91 Å². The van der Waals surface area contributed by atoms with E-state index >= 15 is 0 Å². The fraction of sp³-hybridized carbons (Fsp3) is 0.615. The molecule has 1 unspecified atom stereocenters. The minimum atomic E-state index is 0.0799. The fourth-order valence-corrected chi connectivity index (χ4v) is 3.35. The number of carbonyl (C=O) groups is 1. The summed E-state index contributed by atoms with van der Waals surface area (Å²) < 4.78 is 1.05. The fourth-order valence-electron chi connectivity index (χ4n) is 1.91. The normalized spacial score (nSPS) is 16.9. The highest BCUT2D eigenvalue weighted by atomic mass is 79.9. The first-order valence-electron chi connectivity index (χ1n) is 6.17. The lowest BCUT2D eigenvalue weighted by atomic mass is 10.1. The van der Waals surface area contributed by atoms with Crippen LogP contribution in [0.3, 0.4) is 0 Å². The Morgan fingerprint density at radius 3 is 2.82 bits per heavy atom. The Labute approximate surface area is 115 Å². The molecule has 1 aromatic heterocycles. The summed E-state index contributed by atoms with van der Waals surface area (Å²) in [5.41, 5.74) is 1.13. The molecule has 1 amide bonds. The van der Waals surface area contributed by atoms with Crippen LogP contribution in [0.2, 0.25) is 0 Å². The highest BCUT2D eigenvalue weighted by Gasteiger charge is 2.26. The molecule has 4 heteroatoms. The number of carbonyl (C=O) groups excluding carboxylic acids is 1. The SMILES string of the molecule is CCC(CC1CC1)NC(=O)c1cc(C)c(Br)s1. The highest BCUT2D eigenvalue weighted by molar-refractivity contribution is 9.11. The van der Waals surface area contributed by atoms with Crippen molar-refractivity contribution in [2.24, 2.45) is 5.92 Å². The summed E-state index contributed by atoms with van der Waals surface area (Å²) in [6.45, 7) is 4.15. The first-order chi connectivity index (χ1) is 8.10. The topological polar surface area (TPSA) is 29.1 Å². The molecule has 2 nitrogen and oxygen atoms in total. The molecule has 1 N–H and O–H groups in total. The van der Waals surface area contributed by atoms with Gasteiger partial charge in [-0.2, -0.15) is 0 Å². The maximum Gasteiger partial charge on any atom is 0.261 e. The van der Waals surface area contributed by atoms with E-state index in [0.29, 0.717) is 6.04 Å². The Hall–Kier alpha value is -0.350. The van der Waals surface area contributed by atoms with Crippen molar-refractivity contribution >= 4 is 33.2 Å². The number of hydrogen-bond acceptors (Lipinski definition) is 2. The molecule has 2 rings (SSSR count). The monoisotopic (exact) mass is 315 g/mol. The first-order valence-corrected chi connectivity index (χ1v) is 7.78. The van der Waals surface area contributed by atoms with Crippen molar-refractivity contribution in [1.82, 2.24) is 5.32 Å². The van der Waals surface area contributed by atoms with Gasteiger partial charge in [0.05, 0.1) is 8.66 Å². The van der Waals surface area contributed by atoms with Crippen molar-refractivity contribution in [1.29, 1.82) is 0 Å². The number of halogens is 1. The predicted molar refractivity (Wildman–Crippen MR) is 75.6 cm³/mol. The molecule has 1 aliphatic rings. The first kappa shape index (κ1) is 13.1. The zero-order valence-corrected chi connectivity index (χ0v) is 12.7. The van der Waals surface area contributed by atoms with Gasteiger partial charge in [-0.25, -0.2) is 0 Å². The smallest absolute Gasteiger partial charge is 0.261 e. The predicted octanol–water partition coefficient (Wildman–Crippen LogP) is 4.13. The molecular formula is C13H18BrNOS. The van der Waals surface area contributed by atoms with Gasteiger partial charge in [-0.15, -0.1) is 11.3 Å². The Balaban J connectivity index is 1.94. The summed E-state index contributed by atoms with van der Waals surface area (Å²) >= 11 is 4.97. The second-order valence-corrected chi connectivity index (χ2v) is 7.20. The molecule has 0 aliphatic heterocycles. The Morgan fingerprint density at radius 1 is 1.65 bits per heavy atom. The molecule has 0 radical (unpaired) electrons. The molecule has 0 aromatic carbocycles. The molecule has 0 spiro atoms. The van der Waals surface area contributed by atoms with Crippen LogP contribution in [0.5, 0.6) is 0 Å². The zero-order valence-electron chi connectivity index (χ0n) is 10.3. The van der Waals surface area contributed by atoms with E-state index in [9.17, 15) is 4.79 Å². The van der Waals surface area contributed by atoms with Gasteiger partial charge in [-0.05, 0) is 53.2 Å². The largest absolute Gasteiger partial charge is 0.349 e. The molecule has 17 heavy (non-hydrogen) atoms. The number of thiophene rings is 1. The minimum absolute atomic E-state index is 0.0799. The Kier molecular flexibility index (Phi) is 4.26. The van der Waals surface area contributed by atoms with Gasteiger partial charge in [0.1, 0.15) is 0 Å². The van der Waals surface area contributed by atoms with Gasteiger partial charge in [0.2, 0.25) is 0 Å². The van der Waals surface area contributed by atoms with E-state index in [2.05, 4.69) is 28.2 Å². The summed E-state index contributed by atoms with van der Waals surface area (Å²) in [6, 6.07) is 2.30. The van der Waals surface area contributed by atoms with Crippen LogP contribution in [0, 0.1) is 12.8 Å². The molecule has 1 heterocycles. The number of hydrogen-bond donors (Lipinski definition) is 1. The molecule has 94 valence electrons. The van der Waals surface area contributed by atoms with Crippen LogP contribution in [0.25, 0.3) is 0 Å². The molecule has 1 saturated carbocycles. The van der Waals surface area contributed by atoms with Gasteiger partial charge in [-0.1, -0.05) is 19.8 Å². The maximum absolute atomic E-state index is 12.1. The lowest BCUT2D eigenvalue weighted by Crippen LogP contribution is -2.34. The Bertz CT molecular complexity index is 392. The third-order valence-corrected chi connectivity index (χ3v) is 5.36. The van der Waals surface area contributed by atoms with Gasteiger partial charge in [0.15, 0.2) is 0 Å².